The third-order valence-corrected chi connectivity index (χ3v) is 3.34. The first-order chi connectivity index (χ1) is 7.63. The van der Waals surface area contributed by atoms with Gasteiger partial charge in [-0.25, -0.2) is 0 Å². The summed E-state index contributed by atoms with van der Waals surface area (Å²) in [6, 6.07) is 8.55. The van der Waals surface area contributed by atoms with Crippen molar-refractivity contribution < 1.29 is 4.74 Å². The molecular formula is C13H18BrNO. The van der Waals surface area contributed by atoms with Gasteiger partial charge >= 0.3 is 0 Å². The van der Waals surface area contributed by atoms with E-state index in [-0.39, 0.29) is 0 Å². The predicted molar refractivity (Wildman–Crippen MR) is 69.4 cm³/mol. The van der Waals surface area contributed by atoms with Crippen molar-refractivity contribution >= 4 is 15.9 Å². The minimum Gasteiger partial charge on any atom is -0.373 e. The first kappa shape index (κ1) is 12.1. The first-order valence-electron chi connectivity index (χ1n) is 5.76. The molecule has 1 fully saturated rings. The van der Waals surface area contributed by atoms with Gasteiger partial charge in [-0.15, -0.1) is 0 Å². The summed E-state index contributed by atoms with van der Waals surface area (Å²) < 4.78 is 6.86. The molecule has 2 atom stereocenters. The lowest BCUT2D eigenvalue weighted by Crippen LogP contribution is -2.44. The molecule has 1 aromatic rings. The third kappa shape index (κ3) is 3.30. The number of ether oxygens (including phenoxy) is 1. The van der Waals surface area contributed by atoms with Crippen molar-refractivity contribution in [2.75, 3.05) is 13.1 Å². The van der Waals surface area contributed by atoms with Crippen LogP contribution in [0.1, 0.15) is 19.4 Å². The van der Waals surface area contributed by atoms with Crippen molar-refractivity contribution in [2.24, 2.45) is 0 Å². The molecule has 1 aliphatic rings. The maximum absolute atomic E-state index is 5.72. The largest absolute Gasteiger partial charge is 0.373 e. The average molecular weight is 284 g/mol. The van der Waals surface area contributed by atoms with Crippen LogP contribution in [0.5, 0.6) is 0 Å². The van der Waals surface area contributed by atoms with Crippen molar-refractivity contribution in [1.29, 1.82) is 0 Å². The summed E-state index contributed by atoms with van der Waals surface area (Å²) in [5.41, 5.74) is 1.37. The molecule has 3 heteroatoms. The van der Waals surface area contributed by atoms with Crippen LogP contribution in [0.2, 0.25) is 0 Å². The summed E-state index contributed by atoms with van der Waals surface area (Å²) in [7, 11) is 0. The highest BCUT2D eigenvalue weighted by molar-refractivity contribution is 9.10. The summed E-state index contributed by atoms with van der Waals surface area (Å²) >= 11 is 3.46. The molecule has 2 rings (SSSR count). The fourth-order valence-electron chi connectivity index (χ4n) is 2.26. The van der Waals surface area contributed by atoms with Gasteiger partial charge in [-0.2, -0.15) is 0 Å². The minimum atomic E-state index is 0.346. The Morgan fingerprint density at radius 1 is 1.19 bits per heavy atom. The van der Waals surface area contributed by atoms with Crippen LogP contribution in [0.4, 0.5) is 0 Å². The van der Waals surface area contributed by atoms with E-state index in [2.05, 4.69) is 58.9 Å². The van der Waals surface area contributed by atoms with Gasteiger partial charge in [0.1, 0.15) is 0 Å². The van der Waals surface area contributed by atoms with E-state index in [0.29, 0.717) is 12.2 Å². The van der Waals surface area contributed by atoms with E-state index in [9.17, 15) is 0 Å². The molecule has 88 valence electrons. The second kappa shape index (κ2) is 5.30. The first-order valence-corrected chi connectivity index (χ1v) is 6.55. The van der Waals surface area contributed by atoms with Crippen molar-refractivity contribution in [2.45, 2.75) is 32.6 Å². The minimum absolute atomic E-state index is 0.346. The van der Waals surface area contributed by atoms with Crippen LogP contribution in [0.3, 0.4) is 0 Å². The van der Waals surface area contributed by atoms with Crippen LogP contribution in [0.25, 0.3) is 0 Å². The molecule has 2 unspecified atom stereocenters. The predicted octanol–water partition coefficient (Wildman–Crippen LogP) is 3.06. The zero-order valence-corrected chi connectivity index (χ0v) is 11.4. The van der Waals surface area contributed by atoms with E-state index in [1.807, 2.05) is 0 Å². The third-order valence-electron chi connectivity index (χ3n) is 2.81. The van der Waals surface area contributed by atoms with E-state index < -0.39 is 0 Å². The molecule has 0 N–H and O–H groups in total. The molecule has 0 aromatic heterocycles. The molecule has 0 amide bonds. The molecule has 1 saturated heterocycles. The van der Waals surface area contributed by atoms with E-state index in [4.69, 9.17) is 4.74 Å². The average Bonchev–Trinajstić information content (AvgIpc) is 2.20. The molecule has 0 radical (unpaired) electrons. The lowest BCUT2D eigenvalue weighted by Gasteiger charge is -2.35. The highest BCUT2D eigenvalue weighted by atomic mass is 79.9. The molecule has 2 nitrogen and oxygen atoms in total. The van der Waals surface area contributed by atoms with E-state index in [1.54, 1.807) is 0 Å². The van der Waals surface area contributed by atoms with Crippen molar-refractivity contribution in [1.82, 2.24) is 4.90 Å². The highest BCUT2D eigenvalue weighted by Crippen LogP contribution is 2.16. The van der Waals surface area contributed by atoms with Gasteiger partial charge in [0.15, 0.2) is 0 Å². The van der Waals surface area contributed by atoms with Gasteiger partial charge in [-0.05, 0) is 31.5 Å². The molecule has 1 aliphatic heterocycles. The smallest absolute Gasteiger partial charge is 0.0678 e. The van der Waals surface area contributed by atoms with Gasteiger partial charge in [-0.3, -0.25) is 4.90 Å². The number of benzene rings is 1. The molecule has 16 heavy (non-hydrogen) atoms. The summed E-state index contributed by atoms with van der Waals surface area (Å²) in [5, 5.41) is 0. The Balaban J connectivity index is 1.96. The monoisotopic (exact) mass is 283 g/mol. The van der Waals surface area contributed by atoms with Crippen LogP contribution < -0.4 is 0 Å². The normalized spacial score (nSPS) is 26.9. The Labute approximate surface area is 106 Å². The van der Waals surface area contributed by atoms with Crippen molar-refractivity contribution in [3.63, 3.8) is 0 Å². The lowest BCUT2D eigenvalue weighted by molar-refractivity contribution is -0.0704. The Morgan fingerprint density at radius 3 is 2.31 bits per heavy atom. The fourth-order valence-corrected chi connectivity index (χ4v) is 2.53. The number of hydrogen-bond acceptors (Lipinski definition) is 2. The second-order valence-electron chi connectivity index (χ2n) is 4.58. The van der Waals surface area contributed by atoms with Gasteiger partial charge < -0.3 is 4.74 Å². The van der Waals surface area contributed by atoms with Crippen molar-refractivity contribution in [3.8, 4) is 0 Å². The summed E-state index contributed by atoms with van der Waals surface area (Å²) in [6.45, 7) is 7.36. The van der Waals surface area contributed by atoms with E-state index in [1.165, 1.54) is 5.56 Å². The molecule has 1 aromatic carbocycles. The van der Waals surface area contributed by atoms with Crippen LogP contribution in [-0.2, 0) is 11.3 Å². The lowest BCUT2D eigenvalue weighted by atomic mass is 10.1. The standard InChI is InChI=1S/C13H18BrNO/c1-10-7-15(8-11(2)16-10)9-12-3-5-13(14)6-4-12/h3-6,10-11H,7-9H2,1-2H3. The maximum atomic E-state index is 5.72. The molecular weight excluding hydrogens is 266 g/mol. The van der Waals surface area contributed by atoms with Gasteiger partial charge in [0.2, 0.25) is 0 Å². The Hall–Kier alpha value is -0.380. The van der Waals surface area contributed by atoms with Crippen LogP contribution >= 0.6 is 15.9 Å². The zero-order valence-electron chi connectivity index (χ0n) is 9.82. The molecule has 0 saturated carbocycles. The van der Waals surface area contributed by atoms with Gasteiger partial charge in [0.05, 0.1) is 12.2 Å². The number of rotatable bonds is 2. The van der Waals surface area contributed by atoms with E-state index in [0.717, 1.165) is 24.1 Å². The van der Waals surface area contributed by atoms with Crippen LogP contribution in [0.15, 0.2) is 28.7 Å². The molecule has 0 bridgehead atoms. The van der Waals surface area contributed by atoms with Gasteiger partial charge in [0.25, 0.3) is 0 Å². The number of nitrogens with zero attached hydrogens (tertiary/aromatic N) is 1. The number of halogens is 1. The quantitative estimate of drug-likeness (QED) is 0.827. The summed E-state index contributed by atoms with van der Waals surface area (Å²) in [4.78, 5) is 2.46. The van der Waals surface area contributed by atoms with Gasteiger partial charge in [0, 0.05) is 24.1 Å². The fraction of sp³-hybridized carbons (Fsp3) is 0.538. The zero-order chi connectivity index (χ0) is 11.5. The van der Waals surface area contributed by atoms with Gasteiger partial charge in [-0.1, -0.05) is 28.1 Å². The molecule has 0 spiro atoms. The topological polar surface area (TPSA) is 12.5 Å². The maximum Gasteiger partial charge on any atom is 0.0678 e. The van der Waals surface area contributed by atoms with Crippen LogP contribution in [0, 0.1) is 0 Å². The van der Waals surface area contributed by atoms with E-state index >= 15 is 0 Å². The summed E-state index contributed by atoms with van der Waals surface area (Å²) in [5.74, 6) is 0. The Bertz CT molecular complexity index is 328. The molecule has 1 heterocycles. The number of morpholine rings is 1. The number of hydrogen-bond donors (Lipinski definition) is 0. The Kier molecular flexibility index (Phi) is 4.00. The second-order valence-corrected chi connectivity index (χ2v) is 5.49. The summed E-state index contributed by atoms with van der Waals surface area (Å²) in [6.07, 6.45) is 0.693. The van der Waals surface area contributed by atoms with Crippen molar-refractivity contribution in [3.05, 3.63) is 34.3 Å². The Morgan fingerprint density at radius 2 is 1.75 bits per heavy atom. The van der Waals surface area contributed by atoms with Crippen LogP contribution in [-0.4, -0.2) is 30.2 Å². The highest BCUT2D eigenvalue weighted by Gasteiger charge is 2.21. The SMILES string of the molecule is CC1CN(Cc2ccc(Br)cc2)CC(C)O1. The molecule has 0 aliphatic carbocycles.